The molecule has 0 saturated carbocycles. The Bertz CT molecular complexity index is 419. The summed E-state index contributed by atoms with van der Waals surface area (Å²) in [5.41, 5.74) is -0.307. The molecule has 0 spiro atoms. The zero-order valence-electron chi connectivity index (χ0n) is 9.44. The van der Waals surface area contributed by atoms with Crippen LogP contribution in [0.5, 0.6) is 11.5 Å². The average molecular weight is 244 g/mol. The summed E-state index contributed by atoms with van der Waals surface area (Å²) >= 11 is 0. The van der Waals surface area contributed by atoms with Gasteiger partial charge >= 0.3 is 5.97 Å². The van der Waals surface area contributed by atoms with Crippen molar-refractivity contribution < 1.29 is 28.9 Å². The standard InChI is InChI=1S/C11H13FO5/c1-3-17-11(15)9(14)6-4-5-7(13)10(16-2)8(6)12/h4-5,9,13-14H,3H2,1-2H3. The van der Waals surface area contributed by atoms with Gasteiger partial charge in [0.15, 0.2) is 23.4 Å². The minimum Gasteiger partial charge on any atom is -0.504 e. The maximum Gasteiger partial charge on any atom is 0.339 e. The van der Waals surface area contributed by atoms with Gasteiger partial charge in [-0.25, -0.2) is 9.18 Å². The average Bonchev–Trinajstić information content (AvgIpc) is 2.29. The molecule has 94 valence electrons. The number of hydrogen-bond donors (Lipinski definition) is 2. The third-order valence-corrected chi connectivity index (χ3v) is 2.11. The van der Waals surface area contributed by atoms with Crippen molar-refractivity contribution in [1.82, 2.24) is 0 Å². The zero-order chi connectivity index (χ0) is 13.0. The highest BCUT2D eigenvalue weighted by atomic mass is 19.1. The van der Waals surface area contributed by atoms with E-state index in [9.17, 15) is 19.4 Å². The number of carbonyl (C=O) groups is 1. The van der Waals surface area contributed by atoms with E-state index in [-0.39, 0.29) is 12.2 Å². The Hall–Kier alpha value is -1.82. The molecule has 0 amide bonds. The van der Waals surface area contributed by atoms with E-state index in [4.69, 9.17) is 0 Å². The number of aliphatic hydroxyl groups is 1. The van der Waals surface area contributed by atoms with Gasteiger partial charge in [-0.2, -0.15) is 0 Å². The van der Waals surface area contributed by atoms with Crippen LogP contribution in [0.1, 0.15) is 18.6 Å². The molecule has 1 atom stereocenters. The zero-order valence-corrected chi connectivity index (χ0v) is 9.44. The molecular weight excluding hydrogens is 231 g/mol. The number of esters is 1. The number of halogens is 1. The molecule has 0 bridgehead atoms. The monoisotopic (exact) mass is 244 g/mol. The van der Waals surface area contributed by atoms with Crippen LogP contribution in [0, 0.1) is 5.82 Å². The maximum absolute atomic E-state index is 13.7. The lowest BCUT2D eigenvalue weighted by atomic mass is 10.1. The highest BCUT2D eigenvalue weighted by molar-refractivity contribution is 5.76. The van der Waals surface area contributed by atoms with Crippen LogP contribution in [-0.2, 0) is 9.53 Å². The number of benzene rings is 1. The minimum atomic E-state index is -1.75. The molecule has 5 nitrogen and oxygen atoms in total. The number of carbonyl (C=O) groups excluding carboxylic acids is 1. The predicted octanol–water partition coefficient (Wildman–Crippen LogP) is 1.14. The molecule has 0 fully saturated rings. The Morgan fingerprint density at radius 1 is 1.53 bits per heavy atom. The van der Waals surface area contributed by atoms with Crippen LogP contribution in [0.3, 0.4) is 0 Å². The summed E-state index contributed by atoms with van der Waals surface area (Å²) in [7, 11) is 1.17. The Morgan fingerprint density at radius 2 is 2.18 bits per heavy atom. The molecule has 1 unspecified atom stereocenters. The van der Waals surface area contributed by atoms with Gasteiger partial charge in [-0.3, -0.25) is 0 Å². The lowest BCUT2D eigenvalue weighted by molar-refractivity contribution is -0.153. The molecular formula is C11H13FO5. The highest BCUT2D eigenvalue weighted by Crippen LogP contribution is 2.33. The molecule has 6 heteroatoms. The number of methoxy groups -OCH3 is 1. The summed E-state index contributed by atoms with van der Waals surface area (Å²) in [6, 6.07) is 2.22. The van der Waals surface area contributed by atoms with E-state index < -0.39 is 29.4 Å². The molecule has 0 aliphatic carbocycles. The molecule has 1 aromatic carbocycles. The number of rotatable bonds is 4. The lowest BCUT2D eigenvalue weighted by Gasteiger charge is -2.13. The maximum atomic E-state index is 13.7. The van der Waals surface area contributed by atoms with E-state index in [1.54, 1.807) is 6.92 Å². The van der Waals surface area contributed by atoms with E-state index in [2.05, 4.69) is 9.47 Å². The molecule has 0 aliphatic rings. The van der Waals surface area contributed by atoms with E-state index in [1.807, 2.05) is 0 Å². The number of phenols is 1. The summed E-state index contributed by atoms with van der Waals surface area (Å²) in [5, 5.41) is 18.8. The quantitative estimate of drug-likeness (QED) is 0.777. The van der Waals surface area contributed by atoms with E-state index in [0.717, 1.165) is 12.1 Å². The van der Waals surface area contributed by atoms with Crippen molar-refractivity contribution in [2.45, 2.75) is 13.0 Å². The van der Waals surface area contributed by atoms with Crippen LogP contribution >= 0.6 is 0 Å². The van der Waals surface area contributed by atoms with E-state index in [0.29, 0.717) is 0 Å². The number of ether oxygens (including phenoxy) is 2. The van der Waals surface area contributed by atoms with Crippen molar-refractivity contribution in [2.75, 3.05) is 13.7 Å². The third kappa shape index (κ3) is 2.65. The molecule has 0 heterocycles. The summed E-state index contributed by atoms with van der Waals surface area (Å²) < 4.78 is 22.9. The Kier molecular flexibility index (Phi) is 4.28. The molecule has 0 radical (unpaired) electrons. The molecule has 17 heavy (non-hydrogen) atoms. The first-order valence-corrected chi connectivity index (χ1v) is 4.93. The highest BCUT2D eigenvalue weighted by Gasteiger charge is 2.25. The number of hydrogen-bond acceptors (Lipinski definition) is 5. The molecule has 0 saturated heterocycles. The topological polar surface area (TPSA) is 76.0 Å². The molecule has 2 N–H and O–H groups in total. The molecule has 1 rings (SSSR count). The fourth-order valence-corrected chi connectivity index (χ4v) is 1.31. The van der Waals surface area contributed by atoms with Crippen LogP contribution in [0.15, 0.2) is 12.1 Å². The number of aromatic hydroxyl groups is 1. The van der Waals surface area contributed by atoms with Gasteiger partial charge in [0.05, 0.1) is 13.7 Å². The summed E-state index contributed by atoms with van der Waals surface area (Å²) in [4.78, 5) is 11.2. The van der Waals surface area contributed by atoms with Crippen molar-refractivity contribution in [3.05, 3.63) is 23.5 Å². The smallest absolute Gasteiger partial charge is 0.339 e. The second-order valence-electron chi connectivity index (χ2n) is 3.18. The van der Waals surface area contributed by atoms with Gasteiger partial charge in [0.1, 0.15) is 0 Å². The van der Waals surface area contributed by atoms with E-state index in [1.165, 1.54) is 7.11 Å². The second kappa shape index (κ2) is 5.49. The van der Waals surface area contributed by atoms with Crippen molar-refractivity contribution >= 4 is 5.97 Å². The van der Waals surface area contributed by atoms with E-state index >= 15 is 0 Å². The normalized spacial score (nSPS) is 12.0. The van der Waals surface area contributed by atoms with Crippen molar-refractivity contribution in [2.24, 2.45) is 0 Å². The van der Waals surface area contributed by atoms with Crippen molar-refractivity contribution in [3.63, 3.8) is 0 Å². The fourth-order valence-electron chi connectivity index (χ4n) is 1.31. The van der Waals surface area contributed by atoms with Gasteiger partial charge < -0.3 is 19.7 Å². The third-order valence-electron chi connectivity index (χ3n) is 2.11. The largest absolute Gasteiger partial charge is 0.504 e. The van der Waals surface area contributed by atoms with Gasteiger partial charge in [0, 0.05) is 5.56 Å². The van der Waals surface area contributed by atoms with Gasteiger partial charge in [-0.15, -0.1) is 0 Å². The Morgan fingerprint density at radius 3 is 2.71 bits per heavy atom. The van der Waals surface area contributed by atoms with Crippen LogP contribution < -0.4 is 4.74 Å². The minimum absolute atomic E-state index is 0.0761. The fraction of sp³-hybridized carbons (Fsp3) is 0.364. The van der Waals surface area contributed by atoms with Gasteiger partial charge in [-0.05, 0) is 19.1 Å². The molecule has 0 aromatic heterocycles. The Labute approximate surface area is 97.4 Å². The first kappa shape index (κ1) is 13.2. The lowest BCUT2D eigenvalue weighted by Crippen LogP contribution is -2.16. The molecule has 1 aromatic rings. The van der Waals surface area contributed by atoms with Crippen LogP contribution in [-0.4, -0.2) is 29.9 Å². The van der Waals surface area contributed by atoms with Gasteiger partial charge in [0.25, 0.3) is 0 Å². The van der Waals surface area contributed by atoms with Gasteiger partial charge in [-0.1, -0.05) is 0 Å². The van der Waals surface area contributed by atoms with Gasteiger partial charge in [0.2, 0.25) is 0 Å². The van der Waals surface area contributed by atoms with Crippen LogP contribution in [0.2, 0.25) is 0 Å². The Balaban J connectivity index is 3.10. The first-order valence-electron chi connectivity index (χ1n) is 4.93. The van der Waals surface area contributed by atoms with Crippen molar-refractivity contribution in [3.8, 4) is 11.5 Å². The number of phenolic OH excluding ortho intramolecular Hbond substituents is 1. The van der Waals surface area contributed by atoms with Crippen LogP contribution in [0.25, 0.3) is 0 Å². The predicted molar refractivity (Wildman–Crippen MR) is 56.2 cm³/mol. The summed E-state index contributed by atoms with van der Waals surface area (Å²) in [6.45, 7) is 1.64. The summed E-state index contributed by atoms with van der Waals surface area (Å²) in [6.07, 6.45) is -1.75. The first-order chi connectivity index (χ1) is 8.02. The van der Waals surface area contributed by atoms with Crippen LogP contribution in [0.4, 0.5) is 4.39 Å². The molecule has 0 aliphatic heterocycles. The van der Waals surface area contributed by atoms with Crippen molar-refractivity contribution in [1.29, 1.82) is 0 Å². The second-order valence-corrected chi connectivity index (χ2v) is 3.18. The summed E-state index contributed by atoms with van der Waals surface area (Å²) in [5.74, 6) is -2.79. The SMILES string of the molecule is CCOC(=O)C(O)c1ccc(O)c(OC)c1F. The number of aliphatic hydroxyl groups excluding tert-OH is 1.